The number of nitrogens with one attached hydrogen (secondary N) is 1. The summed E-state index contributed by atoms with van der Waals surface area (Å²) in [6.45, 7) is 2.92. The molecule has 30 heavy (non-hydrogen) atoms. The number of carbonyl (C=O) groups excluding carboxylic acids is 3. The summed E-state index contributed by atoms with van der Waals surface area (Å²) in [4.78, 5) is 41.4. The number of hydrogen-bond acceptors (Lipinski definition) is 5. The Morgan fingerprint density at radius 3 is 2.50 bits per heavy atom. The Kier molecular flexibility index (Phi) is 6.34. The van der Waals surface area contributed by atoms with E-state index >= 15 is 0 Å². The maximum absolute atomic E-state index is 12.6. The summed E-state index contributed by atoms with van der Waals surface area (Å²) in [5, 5.41) is 8.58. The van der Waals surface area contributed by atoms with Crippen LogP contribution in [0.4, 0.5) is 0 Å². The lowest BCUT2D eigenvalue weighted by molar-refractivity contribution is -0.131. The van der Waals surface area contributed by atoms with Crippen LogP contribution in [0.3, 0.4) is 0 Å². The maximum Gasteiger partial charge on any atom is 0.261 e. The highest BCUT2D eigenvalue weighted by molar-refractivity contribution is 7.12. The minimum Gasteiger partial charge on any atom is -0.342 e. The topological polar surface area (TPSA) is 69.7 Å². The molecule has 4 rings (SSSR count). The van der Waals surface area contributed by atoms with Gasteiger partial charge in [-0.25, -0.2) is 0 Å². The first kappa shape index (κ1) is 20.8. The average molecular weight is 444 g/mol. The molecule has 0 radical (unpaired) electrons. The van der Waals surface area contributed by atoms with E-state index in [4.69, 9.17) is 0 Å². The van der Waals surface area contributed by atoms with Crippen molar-refractivity contribution in [3.63, 3.8) is 0 Å². The third-order valence-corrected chi connectivity index (χ3v) is 7.60. The van der Waals surface area contributed by atoms with Crippen molar-refractivity contribution < 1.29 is 14.4 Å². The van der Waals surface area contributed by atoms with Crippen molar-refractivity contribution in [3.8, 4) is 0 Å². The molecule has 2 fully saturated rings. The first-order valence-corrected chi connectivity index (χ1v) is 12.0. The van der Waals surface area contributed by atoms with Crippen molar-refractivity contribution in [1.82, 2.24) is 15.1 Å². The van der Waals surface area contributed by atoms with Crippen molar-refractivity contribution in [1.29, 1.82) is 0 Å². The molecular formula is C22H25N3O3S2. The van der Waals surface area contributed by atoms with E-state index in [1.165, 1.54) is 11.3 Å². The smallest absolute Gasteiger partial charge is 0.261 e. The number of nitrogens with zero attached hydrogens (tertiary/aromatic N) is 2. The first-order valence-electron chi connectivity index (χ1n) is 10.1. The number of amides is 3. The summed E-state index contributed by atoms with van der Waals surface area (Å²) >= 11 is 2.98. The molecule has 0 bridgehead atoms. The Labute approximate surface area is 184 Å². The predicted molar refractivity (Wildman–Crippen MR) is 119 cm³/mol. The SMILES string of the molecule is O=C(NCC(=O)N1CCC2(CCN(C(=O)/C=C/c3ccsc3)CC2)C1)c1cccs1. The van der Waals surface area contributed by atoms with Gasteiger partial charge in [-0.1, -0.05) is 6.07 Å². The fraction of sp³-hybridized carbons (Fsp3) is 0.409. The Hall–Kier alpha value is -2.45. The number of carbonyl (C=O) groups is 3. The van der Waals surface area contributed by atoms with E-state index in [0.29, 0.717) is 11.4 Å². The second-order valence-corrected chi connectivity index (χ2v) is 9.67. The number of piperidine rings is 1. The second-order valence-electron chi connectivity index (χ2n) is 7.94. The third kappa shape index (κ3) is 4.82. The van der Waals surface area contributed by atoms with Gasteiger partial charge in [0.2, 0.25) is 11.8 Å². The molecular weight excluding hydrogens is 418 g/mol. The zero-order chi connectivity index (χ0) is 21.0. The highest BCUT2D eigenvalue weighted by Crippen LogP contribution is 2.40. The summed E-state index contributed by atoms with van der Waals surface area (Å²) in [5.41, 5.74) is 1.15. The summed E-state index contributed by atoms with van der Waals surface area (Å²) in [6.07, 6.45) is 6.31. The molecule has 2 aromatic heterocycles. The zero-order valence-corrected chi connectivity index (χ0v) is 18.3. The molecule has 0 unspecified atom stereocenters. The van der Waals surface area contributed by atoms with Gasteiger partial charge < -0.3 is 15.1 Å². The molecule has 0 atom stereocenters. The summed E-state index contributed by atoms with van der Waals surface area (Å²) < 4.78 is 0. The van der Waals surface area contributed by atoms with Gasteiger partial charge in [0, 0.05) is 32.3 Å². The standard InChI is InChI=1S/C22H25N3O3S2/c26-19(4-3-17-5-13-29-15-17)24-9-6-22(7-10-24)8-11-25(16-22)20(27)14-23-21(28)18-2-1-12-30-18/h1-5,12-13,15H,6-11,14,16H2,(H,23,28)/b4-3+. The fourth-order valence-electron chi connectivity index (χ4n) is 4.16. The van der Waals surface area contributed by atoms with Crippen LogP contribution in [0, 0.1) is 5.41 Å². The molecule has 0 aliphatic carbocycles. The highest BCUT2D eigenvalue weighted by Gasteiger charge is 2.42. The lowest BCUT2D eigenvalue weighted by Crippen LogP contribution is -2.45. The van der Waals surface area contributed by atoms with Crippen LogP contribution >= 0.6 is 22.7 Å². The molecule has 1 spiro atoms. The average Bonchev–Trinajstić information content (AvgIpc) is 3.53. The van der Waals surface area contributed by atoms with Gasteiger partial charge >= 0.3 is 0 Å². The van der Waals surface area contributed by atoms with Crippen LogP contribution < -0.4 is 5.32 Å². The van der Waals surface area contributed by atoms with Crippen molar-refractivity contribution in [2.24, 2.45) is 5.41 Å². The van der Waals surface area contributed by atoms with E-state index in [1.54, 1.807) is 23.5 Å². The highest BCUT2D eigenvalue weighted by atomic mass is 32.1. The van der Waals surface area contributed by atoms with E-state index in [0.717, 1.165) is 44.5 Å². The van der Waals surface area contributed by atoms with Crippen molar-refractivity contribution >= 4 is 46.5 Å². The van der Waals surface area contributed by atoms with Gasteiger partial charge in [0.05, 0.1) is 11.4 Å². The molecule has 3 amide bonds. The summed E-state index contributed by atoms with van der Waals surface area (Å²) in [6, 6.07) is 5.56. The lowest BCUT2D eigenvalue weighted by atomic mass is 9.78. The van der Waals surface area contributed by atoms with Crippen LogP contribution in [-0.2, 0) is 9.59 Å². The van der Waals surface area contributed by atoms with Crippen LogP contribution in [0.2, 0.25) is 0 Å². The van der Waals surface area contributed by atoms with Gasteiger partial charge in [0.25, 0.3) is 5.91 Å². The third-order valence-electron chi connectivity index (χ3n) is 6.03. The van der Waals surface area contributed by atoms with E-state index in [1.807, 2.05) is 44.1 Å². The number of thiophene rings is 2. The fourth-order valence-corrected chi connectivity index (χ4v) is 5.43. The van der Waals surface area contributed by atoms with Crippen molar-refractivity contribution in [2.75, 3.05) is 32.7 Å². The van der Waals surface area contributed by atoms with Crippen LogP contribution in [0.15, 0.2) is 40.4 Å². The molecule has 6 nitrogen and oxygen atoms in total. The molecule has 2 aliphatic rings. The number of rotatable bonds is 5. The van der Waals surface area contributed by atoms with Gasteiger partial charge in [-0.15, -0.1) is 11.3 Å². The van der Waals surface area contributed by atoms with Crippen LogP contribution in [0.25, 0.3) is 6.08 Å². The second kappa shape index (κ2) is 9.14. The molecule has 1 N–H and O–H groups in total. The van der Waals surface area contributed by atoms with E-state index < -0.39 is 0 Å². The van der Waals surface area contributed by atoms with E-state index in [2.05, 4.69) is 5.32 Å². The molecule has 4 heterocycles. The van der Waals surface area contributed by atoms with Crippen LogP contribution in [0.1, 0.15) is 34.5 Å². The van der Waals surface area contributed by atoms with Gasteiger partial charge in [-0.2, -0.15) is 11.3 Å². The summed E-state index contributed by atoms with van der Waals surface area (Å²) in [5.74, 6) is -0.179. The Bertz CT molecular complexity index is 914. The summed E-state index contributed by atoms with van der Waals surface area (Å²) in [7, 11) is 0. The van der Waals surface area contributed by atoms with Crippen LogP contribution in [0.5, 0.6) is 0 Å². The minimum absolute atomic E-state index is 0.0325. The molecule has 2 aliphatic heterocycles. The Balaban J connectivity index is 1.23. The van der Waals surface area contributed by atoms with E-state index in [-0.39, 0.29) is 29.7 Å². The molecule has 158 valence electrons. The van der Waals surface area contributed by atoms with Gasteiger partial charge in [0.15, 0.2) is 0 Å². The monoisotopic (exact) mass is 443 g/mol. The molecule has 2 saturated heterocycles. The molecule has 8 heteroatoms. The Morgan fingerprint density at radius 1 is 1.07 bits per heavy atom. The molecule has 0 aromatic carbocycles. The van der Waals surface area contributed by atoms with Gasteiger partial charge in [-0.3, -0.25) is 14.4 Å². The number of hydrogen-bond donors (Lipinski definition) is 1. The van der Waals surface area contributed by atoms with Gasteiger partial charge in [0.1, 0.15) is 0 Å². The maximum atomic E-state index is 12.6. The lowest BCUT2D eigenvalue weighted by Gasteiger charge is -2.39. The largest absolute Gasteiger partial charge is 0.342 e. The van der Waals surface area contributed by atoms with Gasteiger partial charge in [-0.05, 0) is 64.6 Å². The van der Waals surface area contributed by atoms with E-state index in [9.17, 15) is 14.4 Å². The normalized spacial score (nSPS) is 18.3. The van der Waals surface area contributed by atoms with Crippen molar-refractivity contribution in [3.05, 3.63) is 50.9 Å². The minimum atomic E-state index is -0.199. The van der Waals surface area contributed by atoms with Crippen LogP contribution in [-0.4, -0.2) is 60.2 Å². The quantitative estimate of drug-likeness (QED) is 0.722. The number of likely N-dealkylation sites (tertiary alicyclic amines) is 2. The molecule has 2 aromatic rings. The zero-order valence-electron chi connectivity index (χ0n) is 16.7. The molecule has 0 saturated carbocycles. The Morgan fingerprint density at radius 2 is 1.83 bits per heavy atom. The first-order chi connectivity index (χ1) is 14.5. The van der Waals surface area contributed by atoms with Crippen molar-refractivity contribution in [2.45, 2.75) is 19.3 Å². The predicted octanol–water partition coefficient (Wildman–Crippen LogP) is 3.09.